The molecule has 1 aliphatic rings. The minimum absolute atomic E-state index is 0.123. The average molecular weight is 421 g/mol. The molecule has 1 aromatic carbocycles. The van der Waals surface area contributed by atoms with Crippen molar-refractivity contribution < 1.29 is 4.79 Å². The van der Waals surface area contributed by atoms with E-state index in [1.54, 1.807) is 30.9 Å². The second-order valence-corrected chi connectivity index (χ2v) is 8.11. The zero-order valence-electron chi connectivity index (χ0n) is 17.8. The maximum atomic E-state index is 13.2. The van der Waals surface area contributed by atoms with E-state index in [2.05, 4.69) is 45.2 Å². The zero-order chi connectivity index (χ0) is 21.8. The smallest absolute Gasteiger partial charge is 0.212 e. The molecule has 0 N–H and O–H groups in total. The molecule has 4 heterocycles. The molecule has 5 heteroatoms. The molecule has 0 spiro atoms. The standard InChI is InChI=1S/C27H24N4O/c32-27(24-15-23(17-29-18-24)21-9-5-13-28-16-21)25-11-4-12-26(30-25)31-14-6-10-22(19-31)20-7-2-1-3-8-20/h1-5,7-9,11-13,15-18,22H,6,10,14,19H2. The van der Waals surface area contributed by atoms with E-state index in [1.807, 2.05) is 30.3 Å². The lowest BCUT2D eigenvalue weighted by Gasteiger charge is -2.34. The summed E-state index contributed by atoms with van der Waals surface area (Å²) in [6.07, 6.45) is 9.12. The second-order valence-electron chi connectivity index (χ2n) is 8.11. The minimum Gasteiger partial charge on any atom is -0.356 e. The molecule has 32 heavy (non-hydrogen) atoms. The molecular weight excluding hydrogens is 396 g/mol. The van der Waals surface area contributed by atoms with Crippen molar-refractivity contribution in [3.63, 3.8) is 0 Å². The van der Waals surface area contributed by atoms with Crippen LogP contribution in [0.1, 0.15) is 40.4 Å². The van der Waals surface area contributed by atoms with Gasteiger partial charge in [-0.3, -0.25) is 14.8 Å². The number of nitrogens with zero attached hydrogens (tertiary/aromatic N) is 4. The van der Waals surface area contributed by atoms with Crippen molar-refractivity contribution in [2.45, 2.75) is 18.8 Å². The topological polar surface area (TPSA) is 59.0 Å². The summed E-state index contributed by atoms with van der Waals surface area (Å²) >= 11 is 0. The third kappa shape index (κ3) is 4.28. The highest BCUT2D eigenvalue weighted by molar-refractivity contribution is 6.08. The first-order valence-electron chi connectivity index (χ1n) is 10.9. The van der Waals surface area contributed by atoms with Crippen LogP contribution in [0.25, 0.3) is 11.1 Å². The molecular formula is C27H24N4O. The van der Waals surface area contributed by atoms with Crippen LogP contribution >= 0.6 is 0 Å². The largest absolute Gasteiger partial charge is 0.356 e. The SMILES string of the molecule is O=C(c1cncc(-c2cccnc2)c1)c1cccc(N2CCCC(c3ccccc3)C2)n1. The maximum absolute atomic E-state index is 13.2. The fourth-order valence-electron chi connectivity index (χ4n) is 4.31. The van der Waals surface area contributed by atoms with Gasteiger partial charge in [0.1, 0.15) is 11.5 Å². The number of aromatic nitrogens is 3. The lowest BCUT2D eigenvalue weighted by molar-refractivity contribution is 0.103. The third-order valence-electron chi connectivity index (χ3n) is 5.98. The van der Waals surface area contributed by atoms with E-state index < -0.39 is 0 Å². The van der Waals surface area contributed by atoms with Crippen molar-refractivity contribution in [2.75, 3.05) is 18.0 Å². The Kier molecular flexibility index (Phi) is 5.71. The molecule has 0 bridgehead atoms. The van der Waals surface area contributed by atoms with Crippen LogP contribution in [0.3, 0.4) is 0 Å². The highest BCUT2D eigenvalue weighted by Crippen LogP contribution is 2.29. The Morgan fingerprint density at radius 3 is 2.59 bits per heavy atom. The summed E-state index contributed by atoms with van der Waals surface area (Å²) in [7, 11) is 0. The number of carbonyl (C=O) groups is 1. The molecule has 5 rings (SSSR count). The first kappa shape index (κ1) is 20.1. The van der Waals surface area contributed by atoms with E-state index in [1.165, 1.54) is 12.0 Å². The number of benzene rings is 1. The van der Waals surface area contributed by atoms with E-state index in [0.717, 1.165) is 36.5 Å². The number of anilines is 1. The van der Waals surface area contributed by atoms with Crippen molar-refractivity contribution in [2.24, 2.45) is 0 Å². The Balaban J connectivity index is 1.38. The van der Waals surface area contributed by atoms with E-state index in [4.69, 9.17) is 4.98 Å². The van der Waals surface area contributed by atoms with Gasteiger partial charge in [0.05, 0.1) is 0 Å². The first-order chi connectivity index (χ1) is 15.8. The van der Waals surface area contributed by atoms with Crippen molar-refractivity contribution in [3.05, 3.63) is 108 Å². The van der Waals surface area contributed by atoms with Crippen molar-refractivity contribution in [1.29, 1.82) is 0 Å². The highest BCUT2D eigenvalue weighted by Gasteiger charge is 2.23. The van der Waals surface area contributed by atoms with Gasteiger partial charge in [0.25, 0.3) is 0 Å². The lowest BCUT2D eigenvalue weighted by atomic mass is 9.90. The summed E-state index contributed by atoms with van der Waals surface area (Å²) in [6.45, 7) is 1.86. The summed E-state index contributed by atoms with van der Waals surface area (Å²) in [6, 6.07) is 22.0. The van der Waals surface area contributed by atoms with Crippen molar-refractivity contribution in [1.82, 2.24) is 15.0 Å². The van der Waals surface area contributed by atoms with Crippen LogP contribution in [0, 0.1) is 0 Å². The summed E-state index contributed by atoms with van der Waals surface area (Å²) in [4.78, 5) is 28.7. The van der Waals surface area contributed by atoms with E-state index >= 15 is 0 Å². The Hall–Kier alpha value is -3.86. The number of pyridine rings is 3. The van der Waals surface area contributed by atoms with Gasteiger partial charge in [-0.2, -0.15) is 0 Å². The second kappa shape index (κ2) is 9.10. The molecule has 0 saturated carbocycles. The molecule has 158 valence electrons. The van der Waals surface area contributed by atoms with E-state index in [-0.39, 0.29) is 5.78 Å². The number of piperidine rings is 1. The van der Waals surface area contributed by atoms with E-state index in [9.17, 15) is 4.79 Å². The predicted octanol–water partition coefficient (Wildman–Crippen LogP) is 5.15. The van der Waals surface area contributed by atoms with Crippen LogP contribution in [0.15, 0.2) is 91.5 Å². The number of hydrogen-bond donors (Lipinski definition) is 0. The Labute approximate surface area is 187 Å². The molecule has 0 amide bonds. The molecule has 0 radical (unpaired) electrons. The Morgan fingerprint density at radius 2 is 1.75 bits per heavy atom. The third-order valence-corrected chi connectivity index (χ3v) is 5.98. The number of carbonyl (C=O) groups excluding carboxylic acids is 1. The maximum Gasteiger partial charge on any atom is 0.212 e. The molecule has 1 atom stereocenters. The van der Waals surface area contributed by atoms with Crippen LogP contribution < -0.4 is 4.90 Å². The fourth-order valence-corrected chi connectivity index (χ4v) is 4.31. The Morgan fingerprint density at radius 1 is 0.875 bits per heavy atom. The molecule has 1 aliphatic heterocycles. The van der Waals surface area contributed by atoms with Gasteiger partial charge in [-0.25, -0.2) is 4.98 Å². The van der Waals surface area contributed by atoms with Gasteiger partial charge >= 0.3 is 0 Å². The quantitative estimate of drug-likeness (QED) is 0.418. The normalized spacial score (nSPS) is 16.0. The monoisotopic (exact) mass is 420 g/mol. The molecule has 5 nitrogen and oxygen atoms in total. The summed E-state index contributed by atoms with van der Waals surface area (Å²) in [5.74, 6) is 1.21. The van der Waals surface area contributed by atoms with Gasteiger partial charge in [-0.05, 0) is 42.7 Å². The van der Waals surface area contributed by atoms with E-state index in [0.29, 0.717) is 17.2 Å². The van der Waals surface area contributed by atoms with Crippen molar-refractivity contribution in [3.8, 4) is 11.1 Å². The van der Waals surface area contributed by atoms with Gasteiger partial charge in [0.15, 0.2) is 0 Å². The summed E-state index contributed by atoms with van der Waals surface area (Å²) in [5, 5.41) is 0. The van der Waals surface area contributed by atoms with Gasteiger partial charge in [0.2, 0.25) is 5.78 Å². The minimum atomic E-state index is -0.123. The molecule has 3 aromatic heterocycles. The van der Waals surface area contributed by atoms with Crippen LogP contribution in [0.5, 0.6) is 0 Å². The van der Waals surface area contributed by atoms with Crippen molar-refractivity contribution >= 4 is 11.6 Å². The van der Waals surface area contributed by atoms with Gasteiger partial charge in [-0.1, -0.05) is 42.5 Å². The predicted molar refractivity (Wildman–Crippen MR) is 126 cm³/mol. The lowest BCUT2D eigenvalue weighted by Crippen LogP contribution is -2.35. The molecule has 0 aliphatic carbocycles. The molecule has 1 fully saturated rings. The number of rotatable bonds is 5. The number of ketones is 1. The zero-order valence-corrected chi connectivity index (χ0v) is 17.8. The highest BCUT2D eigenvalue weighted by atomic mass is 16.1. The van der Waals surface area contributed by atoms with Crippen LogP contribution in [0.4, 0.5) is 5.82 Å². The average Bonchev–Trinajstić information content (AvgIpc) is 2.89. The molecule has 1 saturated heterocycles. The number of hydrogen-bond acceptors (Lipinski definition) is 5. The van der Waals surface area contributed by atoms with Crippen LogP contribution in [-0.2, 0) is 0 Å². The Bertz CT molecular complexity index is 1210. The molecule has 4 aromatic rings. The van der Waals surface area contributed by atoms with Gasteiger partial charge < -0.3 is 4.90 Å². The summed E-state index contributed by atoms with van der Waals surface area (Å²) in [5.41, 5.74) is 4.12. The van der Waals surface area contributed by atoms with Crippen LogP contribution in [-0.4, -0.2) is 33.8 Å². The molecule has 1 unspecified atom stereocenters. The fraction of sp³-hybridized carbons (Fsp3) is 0.185. The van der Waals surface area contributed by atoms with Crippen LogP contribution in [0.2, 0.25) is 0 Å². The summed E-state index contributed by atoms with van der Waals surface area (Å²) < 4.78 is 0. The van der Waals surface area contributed by atoms with Gasteiger partial charge in [-0.15, -0.1) is 0 Å². The van der Waals surface area contributed by atoms with Gasteiger partial charge in [0, 0.05) is 60.5 Å². The first-order valence-corrected chi connectivity index (χ1v) is 10.9.